The van der Waals surface area contributed by atoms with Gasteiger partial charge in [0, 0.05) is 10.7 Å². The van der Waals surface area contributed by atoms with Gasteiger partial charge < -0.3 is 10.1 Å². The molecular formula is C10H7ClFN3O4S. The summed E-state index contributed by atoms with van der Waals surface area (Å²) in [5.41, 5.74) is 0.599. The maximum absolute atomic E-state index is 12.7. The molecule has 0 unspecified atom stereocenters. The lowest BCUT2D eigenvalue weighted by Crippen LogP contribution is -2.01. The van der Waals surface area contributed by atoms with Gasteiger partial charge in [-0.25, -0.2) is 12.8 Å². The summed E-state index contributed by atoms with van der Waals surface area (Å²) in [5, 5.41) is 14.3. The zero-order valence-corrected chi connectivity index (χ0v) is 11.3. The van der Waals surface area contributed by atoms with Crippen LogP contribution >= 0.6 is 10.7 Å². The van der Waals surface area contributed by atoms with Gasteiger partial charge in [0.1, 0.15) is 5.82 Å². The first-order chi connectivity index (χ1) is 9.27. The first-order valence-electron chi connectivity index (χ1n) is 5.18. The van der Waals surface area contributed by atoms with Gasteiger partial charge >= 0.3 is 5.82 Å². The van der Waals surface area contributed by atoms with E-state index in [1.54, 1.807) is 0 Å². The van der Waals surface area contributed by atoms with Crippen molar-refractivity contribution in [3.05, 3.63) is 52.0 Å². The van der Waals surface area contributed by atoms with Crippen LogP contribution < -0.4 is 0 Å². The van der Waals surface area contributed by atoms with Crippen molar-refractivity contribution in [3.63, 3.8) is 0 Å². The monoisotopic (exact) mass is 319 g/mol. The Morgan fingerprint density at radius 1 is 1.35 bits per heavy atom. The quantitative estimate of drug-likeness (QED) is 0.487. The summed E-state index contributed by atoms with van der Waals surface area (Å²) >= 11 is 0. The first kappa shape index (κ1) is 14.4. The molecule has 10 heteroatoms. The lowest BCUT2D eigenvalue weighted by molar-refractivity contribution is -0.392. The lowest BCUT2D eigenvalue weighted by Gasteiger charge is -1.97. The van der Waals surface area contributed by atoms with Gasteiger partial charge in [-0.05, 0) is 22.6 Å². The molecule has 2 rings (SSSR count). The van der Waals surface area contributed by atoms with Crippen molar-refractivity contribution in [2.45, 2.75) is 11.4 Å². The normalized spacial score (nSPS) is 11.5. The van der Waals surface area contributed by atoms with E-state index in [4.69, 9.17) is 10.7 Å². The SMILES string of the molecule is O=[N+]([O-])c1nn(Cc2ccc(F)cc2)cc1S(=O)(=O)Cl. The average Bonchev–Trinajstić information content (AvgIpc) is 2.76. The zero-order valence-electron chi connectivity index (χ0n) is 9.73. The molecule has 1 aromatic heterocycles. The molecule has 0 amide bonds. The van der Waals surface area contributed by atoms with Crippen molar-refractivity contribution in [2.24, 2.45) is 0 Å². The molecule has 0 radical (unpaired) electrons. The van der Waals surface area contributed by atoms with Crippen molar-refractivity contribution < 1.29 is 17.7 Å². The molecule has 0 N–H and O–H groups in total. The fourth-order valence-corrected chi connectivity index (χ4v) is 2.46. The average molecular weight is 320 g/mol. The van der Waals surface area contributed by atoms with E-state index in [2.05, 4.69) is 5.10 Å². The maximum Gasteiger partial charge on any atom is 0.410 e. The minimum Gasteiger partial charge on any atom is -0.358 e. The van der Waals surface area contributed by atoms with Crippen LogP contribution in [0.3, 0.4) is 0 Å². The molecule has 7 nitrogen and oxygen atoms in total. The van der Waals surface area contributed by atoms with E-state index in [1.165, 1.54) is 24.3 Å². The molecule has 20 heavy (non-hydrogen) atoms. The lowest BCUT2D eigenvalue weighted by atomic mass is 10.2. The molecule has 0 atom stereocenters. The van der Waals surface area contributed by atoms with Crippen LogP contribution in [0.5, 0.6) is 0 Å². The second-order valence-electron chi connectivity index (χ2n) is 3.84. The van der Waals surface area contributed by atoms with Gasteiger partial charge in [0.25, 0.3) is 9.05 Å². The molecule has 0 saturated heterocycles. The largest absolute Gasteiger partial charge is 0.410 e. The van der Waals surface area contributed by atoms with Crippen molar-refractivity contribution in [1.82, 2.24) is 9.78 Å². The Bertz CT molecular complexity index is 757. The van der Waals surface area contributed by atoms with Gasteiger partial charge in [0.05, 0.1) is 17.8 Å². The summed E-state index contributed by atoms with van der Waals surface area (Å²) < 4.78 is 36.3. The summed E-state index contributed by atoms with van der Waals surface area (Å²) in [6, 6.07) is 5.34. The molecule has 0 aliphatic rings. The van der Waals surface area contributed by atoms with E-state index < -0.39 is 30.5 Å². The molecule has 1 aromatic carbocycles. The number of rotatable bonds is 4. The van der Waals surface area contributed by atoms with Crippen LogP contribution in [0.2, 0.25) is 0 Å². The molecule has 0 spiro atoms. The van der Waals surface area contributed by atoms with Crippen LogP contribution in [-0.2, 0) is 15.6 Å². The van der Waals surface area contributed by atoms with Crippen LogP contribution in [0.15, 0.2) is 35.4 Å². The fraction of sp³-hybridized carbons (Fsp3) is 0.100. The number of hydrogen-bond donors (Lipinski definition) is 0. The number of aromatic nitrogens is 2. The van der Waals surface area contributed by atoms with Crippen molar-refractivity contribution in [3.8, 4) is 0 Å². The zero-order chi connectivity index (χ0) is 14.9. The maximum atomic E-state index is 12.7. The van der Waals surface area contributed by atoms with Crippen LogP contribution in [-0.4, -0.2) is 23.1 Å². The Labute approximate surface area is 117 Å². The third-order valence-corrected chi connectivity index (χ3v) is 3.72. The predicted octanol–water partition coefficient (Wildman–Crippen LogP) is 1.91. The van der Waals surface area contributed by atoms with Crippen LogP contribution in [0, 0.1) is 15.9 Å². The van der Waals surface area contributed by atoms with Crippen LogP contribution in [0.1, 0.15) is 5.56 Å². The van der Waals surface area contributed by atoms with Crippen LogP contribution in [0.4, 0.5) is 10.2 Å². The summed E-state index contributed by atoms with van der Waals surface area (Å²) in [6.45, 7) is 0.0491. The Kier molecular flexibility index (Phi) is 3.73. The molecule has 0 fully saturated rings. The van der Waals surface area contributed by atoms with E-state index in [0.717, 1.165) is 10.9 Å². The van der Waals surface area contributed by atoms with Gasteiger partial charge in [0.15, 0.2) is 0 Å². The first-order valence-corrected chi connectivity index (χ1v) is 7.49. The Morgan fingerprint density at radius 3 is 2.40 bits per heavy atom. The standard InChI is InChI=1S/C10H7ClFN3O4S/c11-20(18,19)9-6-14(13-10(9)15(16)17)5-7-1-3-8(12)4-2-7/h1-4,6H,5H2. The topological polar surface area (TPSA) is 95.1 Å². The minimum absolute atomic E-state index is 0.0491. The van der Waals surface area contributed by atoms with Crippen molar-refractivity contribution in [1.29, 1.82) is 0 Å². The van der Waals surface area contributed by atoms with Gasteiger partial charge in [-0.15, -0.1) is 0 Å². The smallest absolute Gasteiger partial charge is 0.358 e. The third-order valence-electron chi connectivity index (χ3n) is 2.40. The summed E-state index contributed by atoms with van der Waals surface area (Å²) in [5.74, 6) is -1.27. The van der Waals surface area contributed by atoms with E-state index in [0.29, 0.717) is 5.56 Å². The van der Waals surface area contributed by atoms with Gasteiger partial charge in [-0.2, -0.15) is 4.68 Å². The highest BCUT2D eigenvalue weighted by Gasteiger charge is 2.29. The van der Waals surface area contributed by atoms with Crippen molar-refractivity contribution in [2.75, 3.05) is 0 Å². The highest BCUT2D eigenvalue weighted by molar-refractivity contribution is 8.13. The minimum atomic E-state index is -4.27. The second kappa shape index (κ2) is 5.17. The van der Waals surface area contributed by atoms with E-state index in [9.17, 15) is 22.9 Å². The number of nitrogens with zero attached hydrogens (tertiary/aromatic N) is 3. The number of benzene rings is 1. The Balaban J connectivity index is 2.39. The molecular weight excluding hydrogens is 313 g/mol. The molecule has 2 aromatic rings. The number of halogens is 2. The summed E-state index contributed by atoms with van der Waals surface area (Å²) in [4.78, 5) is 9.13. The molecule has 0 bridgehead atoms. The molecule has 1 heterocycles. The van der Waals surface area contributed by atoms with Gasteiger partial charge in [-0.1, -0.05) is 12.1 Å². The predicted molar refractivity (Wildman–Crippen MR) is 67.4 cm³/mol. The Hall–Kier alpha value is -2.00. The molecule has 106 valence electrons. The van der Waals surface area contributed by atoms with Crippen LogP contribution in [0.25, 0.3) is 0 Å². The number of nitro groups is 1. The van der Waals surface area contributed by atoms with Gasteiger partial charge in [-0.3, -0.25) is 0 Å². The number of hydrogen-bond acceptors (Lipinski definition) is 5. The highest BCUT2D eigenvalue weighted by Crippen LogP contribution is 2.25. The van der Waals surface area contributed by atoms with Gasteiger partial charge in [0.2, 0.25) is 4.90 Å². The molecule has 0 aliphatic heterocycles. The second-order valence-corrected chi connectivity index (χ2v) is 6.37. The molecule has 0 saturated carbocycles. The van der Waals surface area contributed by atoms with E-state index >= 15 is 0 Å². The fourth-order valence-electron chi connectivity index (χ4n) is 1.55. The van der Waals surface area contributed by atoms with E-state index in [1.807, 2.05) is 0 Å². The summed E-state index contributed by atoms with van der Waals surface area (Å²) in [7, 11) is 0.840. The highest BCUT2D eigenvalue weighted by atomic mass is 35.7. The van der Waals surface area contributed by atoms with E-state index in [-0.39, 0.29) is 6.54 Å². The van der Waals surface area contributed by atoms with Crippen molar-refractivity contribution >= 4 is 25.6 Å². The Morgan fingerprint density at radius 2 is 1.95 bits per heavy atom. The molecule has 0 aliphatic carbocycles. The summed E-state index contributed by atoms with van der Waals surface area (Å²) in [6.07, 6.45) is 0.962. The third kappa shape index (κ3) is 3.11.